The zero-order chi connectivity index (χ0) is 29.3. The van der Waals surface area contributed by atoms with E-state index in [1.165, 1.54) is 4.52 Å². The van der Waals surface area contributed by atoms with Crippen LogP contribution in [0.25, 0.3) is 16.9 Å². The van der Waals surface area contributed by atoms with Crippen LogP contribution >= 0.6 is 0 Å². The number of hydrogen-bond acceptors (Lipinski definition) is 8. The Balaban J connectivity index is 1.36. The SMILES string of the molecule is C[C@@H](C1CC1)N1Cc2cc(-c3ccn4nc(N)c(C(=O)N[C@H]5CC[C@@](C)(O)CC5)c4n3)cc(NS(C)(=O)=O)c2C1=O. The highest BCUT2D eigenvalue weighted by Crippen LogP contribution is 2.41. The number of carbonyl (C=O) groups is 2. The van der Waals surface area contributed by atoms with Crippen molar-refractivity contribution < 1.29 is 23.1 Å². The minimum absolute atomic E-state index is 0.0404. The summed E-state index contributed by atoms with van der Waals surface area (Å²) in [7, 11) is -3.67. The number of nitrogens with one attached hydrogen (secondary N) is 2. The first-order valence-electron chi connectivity index (χ1n) is 13.9. The van der Waals surface area contributed by atoms with Gasteiger partial charge in [-0.15, -0.1) is 5.10 Å². The number of nitrogen functional groups attached to an aromatic ring is 1. The lowest BCUT2D eigenvalue weighted by atomic mass is 9.83. The van der Waals surface area contributed by atoms with Crippen molar-refractivity contribution >= 4 is 39.0 Å². The molecule has 2 fully saturated rings. The highest BCUT2D eigenvalue weighted by atomic mass is 32.2. The Bertz CT molecular complexity index is 1670. The maximum Gasteiger partial charge on any atom is 0.259 e. The molecule has 1 aromatic carbocycles. The molecule has 2 amide bonds. The van der Waals surface area contributed by atoms with Gasteiger partial charge < -0.3 is 21.1 Å². The second-order valence-electron chi connectivity index (χ2n) is 12.0. The third-order valence-corrected chi connectivity index (χ3v) is 9.15. The van der Waals surface area contributed by atoms with Crippen molar-refractivity contribution in [1.82, 2.24) is 24.8 Å². The summed E-state index contributed by atoms with van der Waals surface area (Å²) in [5.74, 6) is -0.0786. The van der Waals surface area contributed by atoms with Gasteiger partial charge in [0.2, 0.25) is 10.0 Å². The second kappa shape index (κ2) is 9.69. The van der Waals surface area contributed by atoms with Gasteiger partial charge in [0.05, 0.1) is 28.8 Å². The average molecular weight is 582 g/mol. The van der Waals surface area contributed by atoms with Crippen molar-refractivity contribution in [2.45, 2.75) is 76.6 Å². The quantitative estimate of drug-likeness (QED) is 0.330. The maximum absolute atomic E-state index is 13.4. The van der Waals surface area contributed by atoms with Gasteiger partial charge >= 0.3 is 0 Å². The maximum atomic E-state index is 13.4. The van der Waals surface area contributed by atoms with Crippen molar-refractivity contribution in [3.63, 3.8) is 0 Å². The Hall–Kier alpha value is -3.71. The Kier molecular flexibility index (Phi) is 6.49. The molecule has 0 bridgehead atoms. The lowest BCUT2D eigenvalue weighted by Gasteiger charge is -2.33. The van der Waals surface area contributed by atoms with Gasteiger partial charge in [-0.2, -0.15) is 0 Å². The first kappa shape index (κ1) is 27.5. The number of hydrogen-bond donors (Lipinski definition) is 4. The number of aromatic nitrogens is 3. The van der Waals surface area contributed by atoms with Crippen LogP contribution in [0, 0.1) is 5.92 Å². The number of carbonyl (C=O) groups excluding carboxylic acids is 2. The van der Waals surface area contributed by atoms with Gasteiger partial charge in [0.25, 0.3) is 11.8 Å². The highest BCUT2D eigenvalue weighted by Gasteiger charge is 2.40. The summed E-state index contributed by atoms with van der Waals surface area (Å²) in [5.41, 5.74) is 8.18. The van der Waals surface area contributed by atoms with Crippen LogP contribution in [0.2, 0.25) is 0 Å². The van der Waals surface area contributed by atoms with Crippen molar-refractivity contribution in [3.05, 3.63) is 41.1 Å². The fourth-order valence-corrected chi connectivity index (χ4v) is 6.60. The summed E-state index contributed by atoms with van der Waals surface area (Å²) in [6.45, 7) is 4.21. The summed E-state index contributed by atoms with van der Waals surface area (Å²) in [5, 5.41) is 17.5. The van der Waals surface area contributed by atoms with Gasteiger partial charge in [-0.25, -0.2) is 17.9 Å². The van der Waals surface area contributed by atoms with Crippen LogP contribution in [-0.2, 0) is 16.6 Å². The Morgan fingerprint density at radius 2 is 1.93 bits per heavy atom. The van der Waals surface area contributed by atoms with Crippen LogP contribution in [-0.4, -0.2) is 68.8 Å². The van der Waals surface area contributed by atoms with E-state index in [2.05, 4.69) is 15.1 Å². The van der Waals surface area contributed by atoms with E-state index >= 15 is 0 Å². The molecule has 0 spiro atoms. The minimum atomic E-state index is -3.67. The number of amides is 2. The first-order valence-corrected chi connectivity index (χ1v) is 15.8. The van der Waals surface area contributed by atoms with E-state index in [0.29, 0.717) is 60.5 Å². The zero-order valence-electron chi connectivity index (χ0n) is 23.3. The van der Waals surface area contributed by atoms with Crippen LogP contribution in [0.3, 0.4) is 0 Å². The molecular formula is C28H35N7O5S. The number of nitrogens with zero attached hydrogens (tertiary/aromatic N) is 4. The van der Waals surface area contributed by atoms with E-state index in [1.54, 1.807) is 30.2 Å². The number of rotatable bonds is 7. The summed E-state index contributed by atoms with van der Waals surface area (Å²) >= 11 is 0. The molecule has 3 aliphatic rings. The molecule has 13 heteroatoms. The van der Waals surface area contributed by atoms with E-state index in [1.807, 2.05) is 13.0 Å². The topological polar surface area (TPSA) is 172 Å². The molecule has 1 aliphatic heterocycles. The van der Waals surface area contributed by atoms with Gasteiger partial charge in [0.1, 0.15) is 5.56 Å². The van der Waals surface area contributed by atoms with E-state index in [4.69, 9.17) is 10.7 Å². The molecule has 6 rings (SSSR count). The molecule has 1 atom stereocenters. The lowest BCUT2D eigenvalue weighted by Crippen LogP contribution is -2.42. The average Bonchev–Trinajstić information content (AvgIpc) is 3.61. The summed E-state index contributed by atoms with van der Waals surface area (Å²) in [6, 6.07) is 5.13. The summed E-state index contributed by atoms with van der Waals surface area (Å²) < 4.78 is 28.5. The number of nitrogens with two attached hydrogens (primary N) is 1. The molecule has 41 heavy (non-hydrogen) atoms. The molecule has 5 N–H and O–H groups in total. The van der Waals surface area contributed by atoms with Crippen LogP contribution in [0.15, 0.2) is 24.4 Å². The third-order valence-electron chi connectivity index (χ3n) is 8.56. The molecule has 2 aromatic heterocycles. The molecule has 3 aromatic rings. The van der Waals surface area contributed by atoms with Crippen LogP contribution in [0.4, 0.5) is 11.5 Å². The minimum Gasteiger partial charge on any atom is -0.390 e. The summed E-state index contributed by atoms with van der Waals surface area (Å²) in [4.78, 5) is 33.3. The smallest absolute Gasteiger partial charge is 0.259 e. The highest BCUT2D eigenvalue weighted by molar-refractivity contribution is 7.92. The number of benzene rings is 1. The van der Waals surface area contributed by atoms with Gasteiger partial charge in [-0.1, -0.05) is 0 Å². The Morgan fingerprint density at radius 1 is 1.22 bits per heavy atom. The molecule has 218 valence electrons. The van der Waals surface area contributed by atoms with E-state index in [0.717, 1.165) is 19.1 Å². The summed E-state index contributed by atoms with van der Waals surface area (Å²) in [6.07, 6.45) is 7.33. The number of sulfonamides is 1. The fourth-order valence-electron chi connectivity index (χ4n) is 6.03. The van der Waals surface area contributed by atoms with E-state index in [9.17, 15) is 23.1 Å². The molecule has 0 saturated heterocycles. The van der Waals surface area contributed by atoms with Crippen LogP contribution in [0.1, 0.15) is 78.7 Å². The Morgan fingerprint density at radius 3 is 2.59 bits per heavy atom. The largest absolute Gasteiger partial charge is 0.390 e. The van der Waals surface area contributed by atoms with Crippen LogP contribution < -0.4 is 15.8 Å². The van der Waals surface area contributed by atoms with Gasteiger partial charge in [0.15, 0.2) is 11.5 Å². The van der Waals surface area contributed by atoms with Crippen molar-refractivity contribution in [2.75, 3.05) is 16.7 Å². The molecule has 0 unspecified atom stereocenters. The monoisotopic (exact) mass is 581 g/mol. The van der Waals surface area contributed by atoms with E-state index < -0.39 is 21.5 Å². The van der Waals surface area contributed by atoms with Crippen molar-refractivity contribution in [3.8, 4) is 11.3 Å². The van der Waals surface area contributed by atoms with Crippen molar-refractivity contribution in [1.29, 1.82) is 0 Å². The molecule has 3 heterocycles. The molecule has 2 saturated carbocycles. The van der Waals surface area contributed by atoms with Crippen LogP contribution in [0.5, 0.6) is 0 Å². The number of fused-ring (bicyclic) bond motifs is 2. The van der Waals surface area contributed by atoms with Gasteiger partial charge in [-0.3, -0.25) is 14.3 Å². The first-order chi connectivity index (χ1) is 19.3. The second-order valence-corrected chi connectivity index (χ2v) is 13.8. The van der Waals surface area contributed by atoms with Gasteiger partial charge in [0, 0.05) is 30.4 Å². The van der Waals surface area contributed by atoms with Gasteiger partial charge in [-0.05, 0) is 82.1 Å². The Labute approximate surface area is 238 Å². The fraction of sp³-hybridized carbons (Fsp3) is 0.500. The van der Waals surface area contributed by atoms with E-state index in [-0.39, 0.29) is 40.7 Å². The third kappa shape index (κ3) is 5.35. The number of anilines is 2. The molecular weight excluding hydrogens is 546 g/mol. The lowest BCUT2D eigenvalue weighted by molar-refractivity contribution is 0.0140. The molecule has 2 aliphatic carbocycles. The predicted molar refractivity (Wildman–Crippen MR) is 154 cm³/mol. The van der Waals surface area contributed by atoms with Crippen molar-refractivity contribution in [2.24, 2.45) is 5.92 Å². The molecule has 12 nitrogen and oxygen atoms in total. The predicted octanol–water partition coefficient (Wildman–Crippen LogP) is 2.53. The standard InChI is InChI=1S/C28H35N7O5S/c1-15(16-4-5-16)34-14-18-12-17(13-21(22(18)27(34)37)33-41(3,39)40)20-8-11-35-25(31-20)23(24(29)32-35)26(36)30-19-6-9-28(2,38)10-7-19/h8,11-13,15-16,19,33,38H,4-7,9-10,14H2,1-3H3,(H2,29,32)(H,30,36)/t15-,19-,28+/m0/s1. The molecule has 0 radical (unpaired) electrons. The number of aliphatic hydroxyl groups is 1. The zero-order valence-corrected chi connectivity index (χ0v) is 24.2. The normalized spacial score (nSPS) is 23.5.